The number of nitrogen functional groups attached to an aromatic ring is 1. The number of aromatic nitrogens is 2. The zero-order chi connectivity index (χ0) is 13.3. The topological polar surface area (TPSA) is 43.8 Å². The Morgan fingerprint density at radius 2 is 2.17 bits per heavy atom. The Morgan fingerprint density at radius 1 is 1.44 bits per heavy atom. The zero-order valence-electron chi connectivity index (χ0n) is 10.4. The van der Waals surface area contributed by atoms with Gasteiger partial charge in [-0.25, -0.2) is 9.37 Å². The molecule has 0 saturated heterocycles. The molecule has 2 N–H and O–H groups in total. The maximum Gasteiger partial charge on any atom is 0.134 e. The zero-order valence-corrected chi connectivity index (χ0v) is 11.1. The lowest BCUT2D eigenvalue weighted by atomic mass is 10.1. The van der Waals surface area contributed by atoms with E-state index >= 15 is 0 Å². The van der Waals surface area contributed by atoms with Crippen LogP contribution in [0.4, 0.5) is 10.2 Å². The number of benzene rings is 1. The molecule has 0 radical (unpaired) electrons. The number of aryl methyl sites for hydroxylation is 1. The molecule has 5 heteroatoms. The van der Waals surface area contributed by atoms with E-state index < -0.39 is 5.82 Å². The number of rotatable bonds is 3. The molecule has 0 fully saturated rings. The Balaban J connectivity index is 2.62. The van der Waals surface area contributed by atoms with Crippen LogP contribution in [0.2, 0.25) is 5.02 Å². The molecule has 1 aromatic heterocycles. The normalized spacial score (nSPS) is 10.9. The molecule has 0 spiro atoms. The van der Waals surface area contributed by atoms with Crippen molar-refractivity contribution >= 4 is 17.4 Å². The highest BCUT2D eigenvalue weighted by Crippen LogP contribution is 2.34. The van der Waals surface area contributed by atoms with Crippen LogP contribution >= 0.6 is 11.6 Å². The van der Waals surface area contributed by atoms with Gasteiger partial charge in [0.1, 0.15) is 23.2 Å². The standard InChI is InChI=1S/C13H15ClFN3/c1-3-7-18-8(2)17-12(13(18)16)11-9(14)5-4-6-10(11)15/h4-6H,3,7,16H2,1-2H3. The summed E-state index contributed by atoms with van der Waals surface area (Å²) >= 11 is 6.03. The first-order valence-electron chi connectivity index (χ1n) is 5.83. The van der Waals surface area contributed by atoms with E-state index in [-0.39, 0.29) is 5.56 Å². The van der Waals surface area contributed by atoms with Crippen molar-refractivity contribution in [2.45, 2.75) is 26.8 Å². The minimum Gasteiger partial charge on any atom is -0.383 e. The number of nitrogens with two attached hydrogens (primary N) is 1. The van der Waals surface area contributed by atoms with Crippen molar-refractivity contribution in [3.05, 3.63) is 34.9 Å². The van der Waals surface area contributed by atoms with Crippen LogP contribution in [0.25, 0.3) is 11.3 Å². The third-order valence-electron chi connectivity index (χ3n) is 2.84. The minimum atomic E-state index is -0.407. The number of halogens is 2. The molecule has 0 bridgehead atoms. The van der Waals surface area contributed by atoms with Gasteiger partial charge in [-0.15, -0.1) is 0 Å². The minimum absolute atomic E-state index is 0.273. The molecule has 0 unspecified atom stereocenters. The number of hydrogen-bond acceptors (Lipinski definition) is 2. The summed E-state index contributed by atoms with van der Waals surface area (Å²) in [5.41, 5.74) is 6.73. The van der Waals surface area contributed by atoms with Gasteiger partial charge in [0.25, 0.3) is 0 Å². The molecule has 0 aliphatic carbocycles. The molecule has 2 aromatic rings. The number of nitrogens with zero attached hydrogens (tertiary/aromatic N) is 2. The second-order valence-electron chi connectivity index (χ2n) is 4.14. The van der Waals surface area contributed by atoms with Crippen LogP contribution in [0.3, 0.4) is 0 Å². The van der Waals surface area contributed by atoms with Crippen molar-refractivity contribution in [2.75, 3.05) is 5.73 Å². The van der Waals surface area contributed by atoms with Gasteiger partial charge < -0.3 is 10.3 Å². The van der Waals surface area contributed by atoms with Crippen LogP contribution in [-0.2, 0) is 6.54 Å². The van der Waals surface area contributed by atoms with E-state index in [4.69, 9.17) is 17.3 Å². The first kappa shape index (κ1) is 12.9. The van der Waals surface area contributed by atoms with E-state index in [1.807, 2.05) is 11.5 Å². The second kappa shape index (κ2) is 4.98. The van der Waals surface area contributed by atoms with Crippen molar-refractivity contribution in [3.63, 3.8) is 0 Å². The number of anilines is 1. The first-order chi connectivity index (χ1) is 8.56. The fourth-order valence-electron chi connectivity index (χ4n) is 2.00. The predicted octanol–water partition coefficient (Wildman–Crippen LogP) is 3.64. The molecule has 3 nitrogen and oxygen atoms in total. The van der Waals surface area contributed by atoms with Crippen molar-refractivity contribution in [2.24, 2.45) is 0 Å². The predicted molar refractivity (Wildman–Crippen MR) is 72.1 cm³/mol. The van der Waals surface area contributed by atoms with E-state index in [2.05, 4.69) is 11.9 Å². The van der Waals surface area contributed by atoms with Gasteiger partial charge in [-0.2, -0.15) is 0 Å². The maximum atomic E-state index is 13.9. The van der Waals surface area contributed by atoms with Gasteiger partial charge >= 0.3 is 0 Å². The quantitative estimate of drug-likeness (QED) is 0.923. The van der Waals surface area contributed by atoms with Crippen LogP contribution < -0.4 is 5.73 Å². The van der Waals surface area contributed by atoms with Crippen molar-refractivity contribution in [1.82, 2.24) is 9.55 Å². The third-order valence-corrected chi connectivity index (χ3v) is 3.16. The van der Waals surface area contributed by atoms with E-state index in [1.165, 1.54) is 6.07 Å². The monoisotopic (exact) mass is 267 g/mol. The Kier molecular flexibility index (Phi) is 3.57. The van der Waals surface area contributed by atoms with E-state index in [9.17, 15) is 4.39 Å². The average Bonchev–Trinajstić information content (AvgIpc) is 2.58. The lowest BCUT2D eigenvalue weighted by Gasteiger charge is -2.06. The molecule has 2 rings (SSSR count). The molecule has 0 atom stereocenters. The molecule has 0 aliphatic heterocycles. The summed E-state index contributed by atoms with van der Waals surface area (Å²) in [6.07, 6.45) is 0.936. The molecule has 1 heterocycles. The van der Waals surface area contributed by atoms with Gasteiger partial charge in [0.2, 0.25) is 0 Å². The van der Waals surface area contributed by atoms with Crippen LogP contribution in [-0.4, -0.2) is 9.55 Å². The summed E-state index contributed by atoms with van der Waals surface area (Å²) in [5, 5.41) is 0.322. The van der Waals surface area contributed by atoms with Gasteiger partial charge in [-0.1, -0.05) is 24.6 Å². The Morgan fingerprint density at radius 3 is 2.78 bits per heavy atom. The fourth-order valence-corrected chi connectivity index (χ4v) is 2.25. The van der Waals surface area contributed by atoms with Crippen LogP contribution in [0, 0.1) is 12.7 Å². The van der Waals surface area contributed by atoms with E-state index in [0.717, 1.165) is 18.8 Å². The SMILES string of the molecule is CCCn1c(C)nc(-c2c(F)cccc2Cl)c1N. The molecule has 0 aliphatic rings. The van der Waals surface area contributed by atoms with Crippen LogP contribution in [0.15, 0.2) is 18.2 Å². The van der Waals surface area contributed by atoms with Crippen molar-refractivity contribution in [1.29, 1.82) is 0 Å². The highest BCUT2D eigenvalue weighted by molar-refractivity contribution is 6.33. The average molecular weight is 268 g/mol. The molecular formula is C13H15ClFN3. The van der Waals surface area contributed by atoms with Gasteiger partial charge in [0.05, 0.1) is 10.6 Å². The summed E-state index contributed by atoms with van der Waals surface area (Å²) < 4.78 is 15.7. The van der Waals surface area contributed by atoms with Gasteiger partial charge in [0.15, 0.2) is 0 Å². The third kappa shape index (κ3) is 2.08. The lowest BCUT2D eigenvalue weighted by molar-refractivity contribution is 0.631. The summed E-state index contributed by atoms with van der Waals surface area (Å²) in [5.74, 6) is 0.820. The van der Waals surface area contributed by atoms with E-state index in [1.54, 1.807) is 12.1 Å². The summed E-state index contributed by atoms with van der Waals surface area (Å²) in [7, 11) is 0. The number of hydrogen-bond donors (Lipinski definition) is 1. The van der Waals surface area contributed by atoms with Gasteiger partial charge in [-0.3, -0.25) is 0 Å². The van der Waals surface area contributed by atoms with E-state index in [0.29, 0.717) is 16.5 Å². The smallest absolute Gasteiger partial charge is 0.134 e. The second-order valence-corrected chi connectivity index (χ2v) is 4.55. The highest BCUT2D eigenvalue weighted by atomic mass is 35.5. The first-order valence-corrected chi connectivity index (χ1v) is 6.21. The lowest BCUT2D eigenvalue weighted by Crippen LogP contribution is -2.04. The molecule has 18 heavy (non-hydrogen) atoms. The Labute approximate surface area is 110 Å². The van der Waals surface area contributed by atoms with Crippen molar-refractivity contribution < 1.29 is 4.39 Å². The van der Waals surface area contributed by atoms with Gasteiger partial charge in [-0.05, 0) is 25.5 Å². The summed E-state index contributed by atoms with van der Waals surface area (Å²) in [6.45, 7) is 4.66. The van der Waals surface area contributed by atoms with Crippen LogP contribution in [0.5, 0.6) is 0 Å². The Hall–Kier alpha value is -1.55. The highest BCUT2D eigenvalue weighted by Gasteiger charge is 2.18. The number of imidazole rings is 1. The summed E-state index contributed by atoms with van der Waals surface area (Å²) in [6, 6.07) is 4.55. The molecule has 1 aromatic carbocycles. The molecule has 0 saturated carbocycles. The summed E-state index contributed by atoms with van der Waals surface area (Å²) in [4.78, 5) is 4.33. The Bertz CT molecular complexity index is 558. The largest absolute Gasteiger partial charge is 0.383 e. The maximum absolute atomic E-state index is 13.9. The van der Waals surface area contributed by atoms with Crippen molar-refractivity contribution in [3.8, 4) is 11.3 Å². The molecular weight excluding hydrogens is 253 g/mol. The molecule has 0 amide bonds. The fraction of sp³-hybridized carbons (Fsp3) is 0.308. The van der Waals surface area contributed by atoms with Gasteiger partial charge in [0, 0.05) is 6.54 Å². The van der Waals surface area contributed by atoms with Crippen LogP contribution in [0.1, 0.15) is 19.2 Å². The molecule has 96 valence electrons.